The molecule has 37 heavy (non-hydrogen) atoms. The number of likely N-dealkylation sites (tertiary alicyclic amines) is 1. The molecule has 3 rings (SSSR count). The monoisotopic (exact) mass is 543 g/mol. The number of carboxylic acid groups (broad SMARTS) is 2. The first-order valence-corrected chi connectivity index (χ1v) is 11.4. The number of alkyl halides is 6. The average Bonchev–Trinajstić information content (AvgIpc) is 3.16. The molecule has 1 aliphatic rings. The summed E-state index contributed by atoms with van der Waals surface area (Å²) in [6, 6.07) is 4.55. The van der Waals surface area contributed by atoms with Crippen LogP contribution in [0.3, 0.4) is 0 Å². The molecule has 2 aromatic heterocycles. The Morgan fingerprint density at radius 3 is 1.89 bits per heavy atom. The molecular weight excluding hydrogens is 512 g/mol. The van der Waals surface area contributed by atoms with Crippen molar-refractivity contribution in [1.29, 1.82) is 0 Å². The lowest BCUT2D eigenvalue weighted by molar-refractivity contribution is -0.193. The second-order valence-electron chi connectivity index (χ2n) is 9.06. The summed E-state index contributed by atoms with van der Waals surface area (Å²) in [5.74, 6) is -3.26. The largest absolute Gasteiger partial charge is 0.490 e. The van der Waals surface area contributed by atoms with Crippen molar-refractivity contribution in [2.45, 2.75) is 64.8 Å². The van der Waals surface area contributed by atoms with Crippen LogP contribution in [-0.2, 0) is 9.59 Å². The highest BCUT2D eigenvalue weighted by Crippen LogP contribution is 2.26. The van der Waals surface area contributed by atoms with Gasteiger partial charge in [0, 0.05) is 18.5 Å². The summed E-state index contributed by atoms with van der Waals surface area (Å²) in [4.78, 5) is 25.1. The quantitative estimate of drug-likeness (QED) is 0.466. The molecule has 15 heteroatoms. The third-order valence-electron chi connectivity index (χ3n) is 4.86. The van der Waals surface area contributed by atoms with E-state index in [1.807, 2.05) is 10.7 Å². The number of aliphatic carboxylic acids is 2. The molecule has 0 atom stereocenters. The molecule has 0 aromatic carbocycles. The third-order valence-corrected chi connectivity index (χ3v) is 4.86. The molecular formula is C22H31F6N5O4. The zero-order valence-corrected chi connectivity index (χ0v) is 20.8. The van der Waals surface area contributed by atoms with E-state index >= 15 is 0 Å². The van der Waals surface area contributed by atoms with Crippen molar-refractivity contribution in [2.75, 3.05) is 25.0 Å². The van der Waals surface area contributed by atoms with Crippen molar-refractivity contribution in [3.8, 4) is 0 Å². The van der Waals surface area contributed by atoms with Crippen molar-refractivity contribution in [3.05, 3.63) is 24.2 Å². The van der Waals surface area contributed by atoms with Gasteiger partial charge in [-0.3, -0.25) is 0 Å². The zero-order valence-electron chi connectivity index (χ0n) is 20.8. The maximum Gasteiger partial charge on any atom is 0.490 e. The van der Waals surface area contributed by atoms with Crippen LogP contribution in [0.1, 0.15) is 52.3 Å². The lowest BCUT2D eigenvalue weighted by atomic mass is 9.95. The second kappa shape index (κ2) is 13.4. The number of nitrogens with one attached hydrogen (secondary N) is 1. The van der Waals surface area contributed by atoms with Gasteiger partial charge in [-0.15, -0.1) is 0 Å². The molecule has 210 valence electrons. The molecule has 0 bridgehead atoms. The minimum atomic E-state index is -5.08. The van der Waals surface area contributed by atoms with Gasteiger partial charge in [0.2, 0.25) is 0 Å². The van der Waals surface area contributed by atoms with E-state index in [0.29, 0.717) is 12.0 Å². The van der Waals surface area contributed by atoms with Crippen molar-refractivity contribution < 1.29 is 46.1 Å². The molecule has 0 spiro atoms. The van der Waals surface area contributed by atoms with Crippen molar-refractivity contribution in [1.82, 2.24) is 19.5 Å². The van der Waals surface area contributed by atoms with Gasteiger partial charge in [0.05, 0.1) is 11.9 Å². The molecule has 9 nitrogen and oxygen atoms in total. The molecule has 0 radical (unpaired) electrons. The van der Waals surface area contributed by atoms with Crippen LogP contribution >= 0.6 is 0 Å². The van der Waals surface area contributed by atoms with Crippen LogP contribution in [0.2, 0.25) is 0 Å². The Bertz CT molecular complexity index is 991. The van der Waals surface area contributed by atoms with Crippen molar-refractivity contribution in [3.63, 3.8) is 0 Å². The number of rotatable bonds is 5. The first kappa shape index (κ1) is 31.9. The minimum Gasteiger partial charge on any atom is -0.475 e. The molecule has 3 heterocycles. The summed E-state index contributed by atoms with van der Waals surface area (Å²) in [5.41, 5.74) is 2.04. The Morgan fingerprint density at radius 2 is 1.49 bits per heavy atom. The van der Waals surface area contributed by atoms with Gasteiger partial charge < -0.3 is 20.4 Å². The average molecular weight is 544 g/mol. The molecule has 3 N–H and O–H groups in total. The molecule has 0 saturated carbocycles. The number of pyridine rings is 1. The van der Waals surface area contributed by atoms with E-state index in [4.69, 9.17) is 29.9 Å². The van der Waals surface area contributed by atoms with Gasteiger partial charge in [0.1, 0.15) is 0 Å². The number of aromatic nitrogens is 3. The van der Waals surface area contributed by atoms with Crippen LogP contribution in [0.5, 0.6) is 0 Å². The van der Waals surface area contributed by atoms with E-state index in [-0.39, 0.29) is 0 Å². The first-order valence-electron chi connectivity index (χ1n) is 11.4. The van der Waals surface area contributed by atoms with Crippen LogP contribution in [0.4, 0.5) is 32.0 Å². The molecule has 2 aromatic rings. The predicted molar refractivity (Wildman–Crippen MR) is 122 cm³/mol. The van der Waals surface area contributed by atoms with Gasteiger partial charge in [-0.05, 0) is 57.8 Å². The standard InChI is InChI=1S/C18H29N5.2C2HF3O2/c1-13(2)11-22-9-7-15(8-10-22)18-20-17-6-5-16(19-14(3)4)12-23(17)21-18;2*3-2(4,5)1(6)7/h5-6,12-15,19H,7-11H2,1-4H3;2*(H,6,7). The Morgan fingerprint density at radius 1 is 1.00 bits per heavy atom. The van der Waals surface area contributed by atoms with Crippen LogP contribution in [0, 0.1) is 5.92 Å². The third kappa shape index (κ3) is 11.7. The molecule has 0 unspecified atom stereocenters. The van der Waals surface area contributed by atoms with Gasteiger partial charge in [-0.2, -0.15) is 31.4 Å². The maximum atomic E-state index is 10.6. The van der Waals surface area contributed by atoms with E-state index < -0.39 is 24.3 Å². The zero-order chi connectivity index (χ0) is 28.6. The lowest BCUT2D eigenvalue weighted by Crippen LogP contribution is -2.35. The maximum absolute atomic E-state index is 10.6. The smallest absolute Gasteiger partial charge is 0.475 e. The summed E-state index contributed by atoms with van der Waals surface area (Å²) in [7, 11) is 0. The van der Waals surface area contributed by atoms with Crippen molar-refractivity contribution >= 4 is 23.3 Å². The van der Waals surface area contributed by atoms with E-state index in [1.165, 1.54) is 32.5 Å². The Labute approximate surface area is 209 Å². The van der Waals surface area contributed by atoms with Crippen LogP contribution in [-0.4, -0.2) is 79.7 Å². The fraction of sp³-hybridized carbons (Fsp3) is 0.636. The van der Waals surface area contributed by atoms with Crippen LogP contribution in [0.15, 0.2) is 18.3 Å². The topological polar surface area (TPSA) is 120 Å². The lowest BCUT2D eigenvalue weighted by Gasteiger charge is -2.31. The van der Waals surface area contributed by atoms with E-state index in [9.17, 15) is 26.3 Å². The summed E-state index contributed by atoms with van der Waals surface area (Å²) in [6.45, 7) is 12.4. The first-order chi connectivity index (χ1) is 16.9. The highest BCUT2D eigenvalue weighted by atomic mass is 19.4. The number of fused-ring (bicyclic) bond motifs is 1. The normalized spacial score (nSPS) is 15.1. The number of hydrogen-bond acceptors (Lipinski definition) is 6. The van der Waals surface area contributed by atoms with E-state index in [1.54, 1.807) is 0 Å². The number of piperidine rings is 1. The summed E-state index contributed by atoms with van der Waals surface area (Å²) < 4.78 is 65.4. The van der Waals surface area contributed by atoms with Gasteiger partial charge in [-0.1, -0.05) is 13.8 Å². The summed E-state index contributed by atoms with van der Waals surface area (Å²) in [6.07, 6.45) is -5.79. The minimum absolute atomic E-state index is 0.417. The van der Waals surface area contributed by atoms with Gasteiger partial charge in [-0.25, -0.2) is 19.1 Å². The fourth-order valence-corrected chi connectivity index (χ4v) is 3.38. The molecule has 1 aliphatic heterocycles. The highest BCUT2D eigenvalue weighted by Gasteiger charge is 2.38. The van der Waals surface area contributed by atoms with Gasteiger partial charge >= 0.3 is 24.3 Å². The number of carboxylic acids is 2. The van der Waals surface area contributed by atoms with E-state index in [2.05, 4.69) is 50.0 Å². The number of carbonyl (C=O) groups is 2. The molecule has 0 amide bonds. The molecule has 0 aliphatic carbocycles. The highest BCUT2D eigenvalue weighted by molar-refractivity contribution is 5.73. The summed E-state index contributed by atoms with van der Waals surface area (Å²) >= 11 is 0. The second-order valence-corrected chi connectivity index (χ2v) is 9.06. The Balaban J connectivity index is 0.000000404. The van der Waals surface area contributed by atoms with Gasteiger partial charge in [0.15, 0.2) is 11.5 Å². The van der Waals surface area contributed by atoms with Gasteiger partial charge in [0.25, 0.3) is 0 Å². The molecule has 1 fully saturated rings. The van der Waals surface area contributed by atoms with Crippen molar-refractivity contribution in [2.24, 2.45) is 5.92 Å². The number of nitrogens with zero attached hydrogens (tertiary/aromatic N) is 4. The summed E-state index contributed by atoms with van der Waals surface area (Å²) in [5, 5.41) is 22.4. The SMILES string of the molecule is CC(C)CN1CCC(c2nc3ccc(NC(C)C)cn3n2)CC1.O=C(O)C(F)(F)F.O=C(O)C(F)(F)F. The number of hydrogen-bond donors (Lipinski definition) is 3. The number of halogens is 6. The Hall–Kier alpha value is -3.10. The van der Waals surface area contributed by atoms with Crippen LogP contribution in [0.25, 0.3) is 5.65 Å². The Kier molecular flexibility index (Phi) is 11.6. The predicted octanol–water partition coefficient (Wildman–Crippen LogP) is 4.65. The molecule has 1 saturated heterocycles. The van der Waals surface area contributed by atoms with Crippen LogP contribution < -0.4 is 5.32 Å². The fourth-order valence-electron chi connectivity index (χ4n) is 3.38. The van der Waals surface area contributed by atoms with E-state index in [0.717, 1.165) is 23.1 Å². The number of anilines is 1.